The number of hydrogen-bond donors (Lipinski definition) is 0. The fourth-order valence-electron chi connectivity index (χ4n) is 4.58. The fourth-order valence-corrected chi connectivity index (χ4v) is 5.70. The summed E-state index contributed by atoms with van der Waals surface area (Å²) in [5.41, 5.74) is 4.68. The lowest BCUT2D eigenvalue weighted by Gasteiger charge is -2.10. The van der Waals surface area contributed by atoms with E-state index in [1.165, 1.54) is 0 Å². The van der Waals surface area contributed by atoms with Gasteiger partial charge in [0.05, 0.1) is 42.3 Å². The Bertz CT molecular complexity index is 1510. The second-order valence-corrected chi connectivity index (χ2v) is 11.6. The molecule has 0 aliphatic carbocycles. The molecule has 0 aliphatic rings. The minimum atomic E-state index is -1.19. The van der Waals surface area contributed by atoms with Crippen molar-refractivity contribution >= 4 is 22.7 Å². The van der Waals surface area contributed by atoms with Crippen molar-refractivity contribution in [1.82, 2.24) is 9.55 Å². The number of benzene rings is 3. The van der Waals surface area contributed by atoms with E-state index in [4.69, 9.17) is 14.2 Å². The number of aromatic nitrogens is 2. The highest BCUT2D eigenvalue weighted by atomic mass is 32.2. The summed E-state index contributed by atoms with van der Waals surface area (Å²) in [6.07, 6.45) is 9.17. The number of methoxy groups -OCH3 is 1. The van der Waals surface area contributed by atoms with Crippen LogP contribution >= 0.6 is 0 Å². The molecule has 7 nitrogen and oxygen atoms in total. The Balaban J connectivity index is 1.35. The first-order valence-electron chi connectivity index (χ1n) is 14.7. The van der Waals surface area contributed by atoms with Gasteiger partial charge in [-0.05, 0) is 78.1 Å². The third kappa shape index (κ3) is 9.49. The second kappa shape index (κ2) is 16.6. The fraction of sp³-hybridized carbons (Fsp3) is 0.314. The van der Waals surface area contributed by atoms with Crippen LogP contribution < -0.4 is 9.47 Å². The van der Waals surface area contributed by atoms with E-state index < -0.39 is 10.8 Å². The molecule has 0 amide bonds. The molecule has 4 aromatic rings. The molecule has 1 aromatic heterocycles. The molecule has 0 fully saturated rings. The van der Waals surface area contributed by atoms with Gasteiger partial charge in [0.1, 0.15) is 18.1 Å². The molecule has 0 spiro atoms. The van der Waals surface area contributed by atoms with Gasteiger partial charge in [-0.1, -0.05) is 44.2 Å². The zero-order chi connectivity index (χ0) is 30.4. The van der Waals surface area contributed by atoms with E-state index in [0.29, 0.717) is 24.7 Å². The maximum Gasteiger partial charge on any atom is 0.160 e. The Morgan fingerprint density at radius 3 is 2.42 bits per heavy atom. The van der Waals surface area contributed by atoms with Crippen LogP contribution in [0.15, 0.2) is 90.2 Å². The van der Waals surface area contributed by atoms with Gasteiger partial charge in [-0.15, -0.1) is 0 Å². The van der Waals surface area contributed by atoms with E-state index in [9.17, 15) is 9.00 Å². The Hall–Kier alpha value is -4.01. The summed E-state index contributed by atoms with van der Waals surface area (Å²) in [5, 5.41) is 0. The van der Waals surface area contributed by atoms with Gasteiger partial charge >= 0.3 is 0 Å². The van der Waals surface area contributed by atoms with Crippen molar-refractivity contribution in [3.63, 3.8) is 0 Å². The molecule has 8 heteroatoms. The van der Waals surface area contributed by atoms with E-state index >= 15 is 0 Å². The number of carbonyl (C=O) groups is 1. The number of hydrogen-bond acceptors (Lipinski definition) is 6. The van der Waals surface area contributed by atoms with Crippen LogP contribution in [-0.4, -0.2) is 46.5 Å². The molecule has 0 N–H and O–H groups in total. The molecule has 4 rings (SSSR count). The molecule has 0 unspecified atom stereocenters. The molecule has 1 atom stereocenters. The summed E-state index contributed by atoms with van der Waals surface area (Å²) in [7, 11) is 0.431. The standard InChI is InChI=1S/C35H40N2O5S/c1-4-18-37-26-36-24-31(37)25-43(39)34-15-6-27(7-16-34)22-32(38)12-8-30-23-29(11-17-35(30)40-3)28-9-13-33(14-10-28)42-21-20-41-19-5-2/h6-17,23-24,26H,4-5,18-22,25H2,1-3H3/b12-8+/t43-/m0/s1. The summed E-state index contributed by atoms with van der Waals surface area (Å²) < 4.78 is 31.7. The maximum atomic E-state index is 12.9. The second-order valence-electron chi connectivity index (χ2n) is 10.1. The molecule has 0 bridgehead atoms. The molecule has 0 aliphatic heterocycles. The Kier molecular flexibility index (Phi) is 12.3. The molecular weight excluding hydrogens is 560 g/mol. The molecule has 0 saturated carbocycles. The predicted octanol–water partition coefficient (Wildman–Crippen LogP) is 6.91. The Labute approximate surface area is 257 Å². The zero-order valence-corrected chi connectivity index (χ0v) is 26.0. The van der Waals surface area contributed by atoms with Crippen LogP contribution in [0.4, 0.5) is 0 Å². The molecule has 43 heavy (non-hydrogen) atoms. The van der Waals surface area contributed by atoms with Gasteiger partial charge in [-0.25, -0.2) is 4.98 Å². The molecule has 1 heterocycles. The highest BCUT2D eigenvalue weighted by Crippen LogP contribution is 2.29. The van der Waals surface area contributed by atoms with Crippen LogP contribution in [0.25, 0.3) is 17.2 Å². The molecule has 226 valence electrons. The van der Waals surface area contributed by atoms with Crippen molar-refractivity contribution in [2.75, 3.05) is 26.9 Å². The number of rotatable bonds is 17. The highest BCUT2D eigenvalue weighted by Gasteiger charge is 2.11. The summed E-state index contributed by atoms with van der Waals surface area (Å²) in [6, 6.07) is 21.2. The number of ether oxygens (including phenoxy) is 3. The number of allylic oxidation sites excluding steroid dienone is 1. The summed E-state index contributed by atoms with van der Waals surface area (Å²) >= 11 is 0. The third-order valence-electron chi connectivity index (χ3n) is 6.82. The SMILES string of the molecule is CCCOCCOc1ccc(-c2ccc(OC)c(/C=C/C(=O)Cc3ccc([S@@](=O)Cc4cncn4CCC)cc3)c2)cc1. The Morgan fingerprint density at radius 2 is 1.70 bits per heavy atom. The average molecular weight is 601 g/mol. The number of ketones is 1. The van der Waals surface area contributed by atoms with Gasteiger partial charge in [0.2, 0.25) is 0 Å². The van der Waals surface area contributed by atoms with Crippen LogP contribution in [0, 0.1) is 0 Å². The number of imidazole rings is 1. The largest absolute Gasteiger partial charge is 0.496 e. The highest BCUT2D eigenvalue weighted by molar-refractivity contribution is 7.84. The topological polar surface area (TPSA) is 79.7 Å². The van der Waals surface area contributed by atoms with E-state index in [1.807, 2.05) is 71.3 Å². The van der Waals surface area contributed by atoms with Gasteiger partial charge in [0, 0.05) is 36.2 Å². The number of carbonyl (C=O) groups excluding carboxylic acids is 1. The van der Waals surface area contributed by atoms with Crippen molar-refractivity contribution in [3.8, 4) is 22.6 Å². The van der Waals surface area contributed by atoms with Gasteiger partial charge in [-0.3, -0.25) is 9.00 Å². The number of nitrogens with zero attached hydrogens (tertiary/aromatic N) is 2. The lowest BCUT2D eigenvalue weighted by Crippen LogP contribution is -2.06. The Morgan fingerprint density at radius 1 is 0.930 bits per heavy atom. The average Bonchev–Trinajstić information content (AvgIpc) is 3.46. The van der Waals surface area contributed by atoms with E-state index in [0.717, 1.165) is 64.6 Å². The normalized spacial score (nSPS) is 12.0. The van der Waals surface area contributed by atoms with Gasteiger partial charge in [-0.2, -0.15) is 0 Å². The van der Waals surface area contributed by atoms with Gasteiger partial charge in [0.15, 0.2) is 5.78 Å². The van der Waals surface area contributed by atoms with Crippen LogP contribution in [0.3, 0.4) is 0 Å². The first-order valence-corrected chi connectivity index (χ1v) is 16.0. The quantitative estimate of drug-likeness (QED) is 0.0968. The maximum absolute atomic E-state index is 12.9. The van der Waals surface area contributed by atoms with Crippen LogP contribution in [0.2, 0.25) is 0 Å². The summed E-state index contributed by atoms with van der Waals surface area (Å²) in [6.45, 7) is 6.87. The van der Waals surface area contributed by atoms with Crippen molar-refractivity contribution in [2.24, 2.45) is 0 Å². The molecule has 0 radical (unpaired) electrons. The lowest BCUT2D eigenvalue weighted by molar-refractivity contribution is -0.113. The summed E-state index contributed by atoms with van der Waals surface area (Å²) in [5.74, 6) is 1.86. The first kappa shape index (κ1) is 31.9. The minimum Gasteiger partial charge on any atom is -0.496 e. The van der Waals surface area contributed by atoms with Gasteiger partial charge in [0.25, 0.3) is 0 Å². The summed E-state index contributed by atoms with van der Waals surface area (Å²) in [4.78, 5) is 17.8. The van der Waals surface area contributed by atoms with E-state index in [2.05, 4.69) is 18.8 Å². The smallest absolute Gasteiger partial charge is 0.160 e. The van der Waals surface area contributed by atoms with Crippen LogP contribution in [-0.2, 0) is 39.0 Å². The van der Waals surface area contributed by atoms with Crippen molar-refractivity contribution in [2.45, 2.75) is 50.3 Å². The predicted molar refractivity (Wildman–Crippen MR) is 172 cm³/mol. The van der Waals surface area contributed by atoms with E-state index in [-0.39, 0.29) is 12.2 Å². The zero-order valence-electron chi connectivity index (χ0n) is 25.2. The third-order valence-corrected chi connectivity index (χ3v) is 8.17. The minimum absolute atomic E-state index is 0.0331. The van der Waals surface area contributed by atoms with Crippen molar-refractivity contribution in [1.29, 1.82) is 0 Å². The molecule has 0 saturated heterocycles. The molecular formula is C35H40N2O5S. The van der Waals surface area contributed by atoms with Crippen LogP contribution in [0.1, 0.15) is 43.5 Å². The van der Waals surface area contributed by atoms with Crippen LogP contribution in [0.5, 0.6) is 11.5 Å². The monoisotopic (exact) mass is 600 g/mol. The van der Waals surface area contributed by atoms with Crippen molar-refractivity contribution in [3.05, 3.63) is 102 Å². The van der Waals surface area contributed by atoms with Crippen molar-refractivity contribution < 1.29 is 23.2 Å². The van der Waals surface area contributed by atoms with Gasteiger partial charge < -0.3 is 18.8 Å². The molecule has 3 aromatic carbocycles. The first-order chi connectivity index (χ1) is 21.0. The lowest BCUT2D eigenvalue weighted by atomic mass is 10.0. The van der Waals surface area contributed by atoms with E-state index in [1.54, 1.807) is 31.8 Å². The number of aryl methyl sites for hydroxylation is 1.